The second-order valence-corrected chi connectivity index (χ2v) is 5.14. The lowest BCUT2D eigenvalue weighted by molar-refractivity contribution is -0.384. The Bertz CT molecular complexity index is 479. The predicted molar refractivity (Wildman–Crippen MR) is 75.3 cm³/mol. The SMILES string of the molecule is CC(CCCNc1ccc(Br)cc1[N+](=O)[O-])C(=O)O. The molecule has 0 fully saturated rings. The molecule has 0 aliphatic heterocycles. The lowest BCUT2D eigenvalue weighted by Crippen LogP contribution is -2.12. The van der Waals surface area contributed by atoms with E-state index in [-0.39, 0.29) is 5.69 Å². The van der Waals surface area contributed by atoms with Gasteiger partial charge in [0, 0.05) is 17.1 Å². The van der Waals surface area contributed by atoms with Crippen LogP contribution in [0.4, 0.5) is 11.4 Å². The highest BCUT2D eigenvalue weighted by molar-refractivity contribution is 9.10. The van der Waals surface area contributed by atoms with Gasteiger partial charge < -0.3 is 10.4 Å². The van der Waals surface area contributed by atoms with Gasteiger partial charge in [-0.3, -0.25) is 14.9 Å². The fraction of sp³-hybridized carbons (Fsp3) is 0.417. The van der Waals surface area contributed by atoms with Gasteiger partial charge in [0.15, 0.2) is 0 Å². The number of carboxylic acid groups (broad SMARTS) is 1. The standard InChI is InChI=1S/C12H15BrN2O4/c1-8(12(16)17)3-2-6-14-10-5-4-9(13)7-11(10)15(18)19/h4-5,7-8,14H,2-3,6H2,1H3,(H,16,17). The fourth-order valence-corrected chi connectivity index (χ4v) is 1.91. The number of nitro groups is 1. The molecule has 2 N–H and O–H groups in total. The number of halogens is 1. The summed E-state index contributed by atoms with van der Waals surface area (Å²) in [5.74, 6) is -1.23. The van der Waals surface area contributed by atoms with E-state index >= 15 is 0 Å². The summed E-state index contributed by atoms with van der Waals surface area (Å²) < 4.78 is 0.643. The third kappa shape index (κ3) is 4.86. The highest BCUT2D eigenvalue weighted by Crippen LogP contribution is 2.27. The lowest BCUT2D eigenvalue weighted by Gasteiger charge is -2.09. The molecule has 0 aliphatic carbocycles. The third-order valence-electron chi connectivity index (χ3n) is 2.71. The number of nitrogens with one attached hydrogen (secondary N) is 1. The molecule has 1 atom stereocenters. The average molecular weight is 331 g/mol. The second-order valence-electron chi connectivity index (χ2n) is 4.23. The molecule has 0 saturated heterocycles. The highest BCUT2D eigenvalue weighted by Gasteiger charge is 2.14. The molecule has 0 heterocycles. The minimum Gasteiger partial charge on any atom is -0.481 e. The summed E-state index contributed by atoms with van der Waals surface area (Å²) in [7, 11) is 0. The summed E-state index contributed by atoms with van der Waals surface area (Å²) in [6.07, 6.45) is 1.17. The Morgan fingerprint density at radius 1 is 1.58 bits per heavy atom. The monoisotopic (exact) mass is 330 g/mol. The van der Waals surface area contributed by atoms with Crippen molar-refractivity contribution >= 4 is 33.3 Å². The predicted octanol–water partition coefficient (Wildman–Crippen LogP) is 3.27. The minimum absolute atomic E-state index is 0.000609. The molecule has 104 valence electrons. The van der Waals surface area contributed by atoms with Crippen molar-refractivity contribution in [1.29, 1.82) is 0 Å². The number of aliphatic carboxylic acids is 1. The van der Waals surface area contributed by atoms with Crippen molar-refractivity contribution in [2.75, 3.05) is 11.9 Å². The van der Waals surface area contributed by atoms with E-state index < -0.39 is 16.8 Å². The number of hydrogen-bond acceptors (Lipinski definition) is 4. The van der Waals surface area contributed by atoms with Crippen LogP contribution in [0.1, 0.15) is 19.8 Å². The molecular weight excluding hydrogens is 316 g/mol. The average Bonchev–Trinajstić information content (AvgIpc) is 2.35. The summed E-state index contributed by atoms with van der Waals surface area (Å²) in [5.41, 5.74) is 0.442. The van der Waals surface area contributed by atoms with Gasteiger partial charge in [-0.15, -0.1) is 0 Å². The number of rotatable bonds is 7. The zero-order valence-corrected chi connectivity index (χ0v) is 12.0. The third-order valence-corrected chi connectivity index (χ3v) is 3.20. The molecular formula is C12H15BrN2O4. The van der Waals surface area contributed by atoms with Crippen LogP contribution in [0.15, 0.2) is 22.7 Å². The number of anilines is 1. The van der Waals surface area contributed by atoms with Crippen LogP contribution in [-0.4, -0.2) is 22.5 Å². The highest BCUT2D eigenvalue weighted by atomic mass is 79.9. The zero-order chi connectivity index (χ0) is 14.4. The molecule has 1 unspecified atom stereocenters. The molecule has 0 radical (unpaired) electrons. The molecule has 0 bridgehead atoms. The first-order valence-corrected chi connectivity index (χ1v) is 6.61. The molecule has 1 aromatic rings. The van der Waals surface area contributed by atoms with Crippen LogP contribution in [-0.2, 0) is 4.79 Å². The van der Waals surface area contributed by atoms with Gasteiger partial charge in [0.05, 0.1) is 10.8 Å². The van der Waals surface area contributed by atoms with Gasteiger partial charge in [-0.25, -0.2) is 0 Å². The van der Waals surface area contributed by atoms with Crippen LogP contribution < -0.4 is 5.32 Å². The van der Waals surface area contributed by atoms with E-state index in [0.29, 0.717) is 29.5 Å². The van der Waals surface area contributed by atoms with Gasteiger partial charge in [-0.1, -0.05) is 22.9 Å². The second kappa shape index (κ2) is 7.08. The molecule has 7 heteroatoms. The number of carboxylic acids is 1. The molecule has 0 aromatic heterocycles. The fourth-order valence-electron chi connectivity index (χ4n) is 1.56. The van der Waals surface area contributed by atoms with E-state index in [9.17, 15) is 14.9 Å². The topological polar surface area (TPSA) is 92.5 Å². The van der Waals surface area contributed by atoms with E-state index in [1.807, 2.05) is 0 Å². The van der Waals surface area contributed by atoms with Crippen molar-refractivity contribution in [3.05, 3.63) is 32.8 Å². The Morgan fingerprint density at radius 3 is 2.84 bits per heavy atom. The van der Waals surface area contributed by atoms with Gasteiger partial charge in [-0.05, 0) is 25.0 Å². The van der Waals surface area contributed by atoms with Gasteiger partial charge in [0.25, 0.3) is 5.69 Å². The first kappa shape index (κ1) is 15.4. The molecule has 19 heavy (non-hydrogen) atoms. The normalized spacial score (nSPS) is 11.9. The van der Waals surface area contributed by atoms with E-state index in [4.69, 9.17) is 5.11 Å². The lowest BCUT2D eigenvalue weighted by atomic mass is 10.1. The molecule has 0 amide bonds. The van der Waals surface area contributed by atoms with Gasteiger partial charge in [0.1, 0.15) is 5.69 Å². The maximum absolute atomic E-state index is 10.9. The molecule has 6 nitrogen and oxygen atoms in total. The van der Waals surface area contributed by atoms with Crippen molar-refractivity contribution in [3.63, 3.8) is 0 Å². The van der Waals surface area contributed by atoms with Crippen molar-refractivity contribution in [2.24, 2.45) is 5.92 Å². The quantitative estimate of drug-likeness (QED) is 0.454. The van der Waals surface area contributed by atoms with E-state index in [2.05, 4.69) is 21.2 Å². The molecule has 0 saturated carbocycles. The van der Waals surface area contributed by atoms with Crippen molar-refractivity contribution in [3.8, 4) is 0 Å². The van der Waals surface area contributed by atoms with Crippen LogP contribution in [0.5, 0.6) is 0 Å². The first-order chi connectivity index (χ1) is 8.91. The van der Waals surface area contributed by atoms with Crippen LogP contribution in [0.2, 0.25) is 0 Å². The van der Waals surface area contributed by atoms with Gasteiger partial charge >= 0.3 is 5.97 Å². The van der Waals surface area contributed by atoms with Gasteiger partial charge in [-0.2, -0.15) is 0 Å². The summed E-state index contributed by atoms with van der Waals surface area (Å²) in [4.78, 5) is 21.0. The summed E-state index contributed by atoms with van der Waals surface area (Å²) in [6.45, 7) is 2.14. The summed E-state index contributed by atoms with van der Waals surface area (Å²) in [6, 6.07) is 4.78. The molecule has 0 aliphatic rings. The van der Waals surface area contributed by atoms with Crippen molar-refractivity contribution < 1.29 is 14.8 Å². The first-order valence-electron chi connectivity index (χ1n) is 5.82. The Hall–Kier alpha value is -1.63. The Kier molecular flexibility index (Phi) is 5.75. The van der Waals surface area contributed by atoms with E-state index in [1.54, 1.807) is 19.1 Å². The zero-order valence-electron chi connectivity index (χ0n) is 10.4. The van der Waals surface area contributed by atoms with Crippen molar-refractivity contribution in [2.45, 2.75) is 19.8 Å². The molecule has 1 rings (SSSR count). The number of nitrogens with zero attached hydrogens (tertiary/aromatic N) is 1. The van der Waals surface area contributed by atoms with Crippen LogP contribution in [0, 0.1) is 16.0 Å². The maximum atomic E-state index is 10.9. The van der Waals surface area contributed by atoms with E-state index in [1.165, 1.54) is 6.07 Å². The minimum atomic E-state index is -0.824. The Balaban J connectivity index is 2.54. The number of carbonyl (C=O) groups is 1. The smallest absolute Gasteiger partial charge is 0.306 e. The van der Waals surface area contributed by atoms with Crippen LogP contribution in [0.3, 0.4) is 0 Å². The summed E-state index contributed by atoms with van der Waals surface area (Å²) in [5, 5.41) is 22.6. The largest absolute Gasteiger partial charge is 0.481 e. The number of hydrogen-bond donors (Lipinski definition) is 2. The summed E-state index contributed by atoms with van der Waals surface area (Å²) >= 11 is 3.18. The van der Waals surface area contributed by atoms with Gasteiger partial charge in [0.2, 0.25) is 0 Å². The van der Waals surface area contributed by atoms with Crippen molar-refractivity contribution in [1.82, 2.24) is 0 Å². The molecule has 1 aromatic carbocycles. The van der Waals surface area contributed by atoms with Crippen LogP contribution >= 0.6 is 15.9 Å². The maximum Gasteiger partial charge on any atom is 0.306 e. The van der Waals surface area contributed by atoms with E-state index in [0.717, 1.165) is 0 Å². The number of nitro benzene ring substituents is 1. The Labute approximate surface area is 119 Å². The van der Waals surface area contributed by atoms with Crippen LogP contribution in [0.25, 0.3) is 0 Å². The number of benzene rings is 1. The molecule has 0 spiro atoms. The Morgan fingerprint density at radius 2 is 2.26 bits per heavy atom.